The molecule has 0 aliphatic carbocycles. The summed E-state index contributed by atoms with van der Waals surface area (Å²) in [4.78, 5) is 29.1. The molecule has 0 spiro atoms. The van der Waals surface area contributed by atoms with Gasteiger partial charge in [-0.2, -0.15) is 0 Å². The number of hydrogen-bond donors (Lipinski definition) is 0. The highest BCUT2D eigenvalue weighted by Gasteiger charge is 2.24. The Hall–Kier alpha value is -2.28. The number of rotatable bonds is 3. The SMILES string of the molecule is O=C(Cc1cccs1)N1CCCN(C(=O)c2cc(F)ccc2F)CC1. The number of carbonyl (C=O) groups is 2. The molecular formula is C18H18F2N2O2S. The van der Waals surface area contributed by atoms with Crippen molar-refractivity contribution in [1.82, 2.24) is 9.80 Å². The van der Waals surface area contributed by atoms with Gasteiger partial charge in [-0.3, -0.25) is 9.59 Å². The van der Waals surface area contributed by atoms with Crippen molar-refractivity contribution in [3.8, 4) is 0 Å². The van der Waals surface area contributed by atoms with Crippen molar-refractivity contribution in [3.63, 3.8) is 0 Å². The Balaban J connectivity index is 1.64. The Morgan fingerprint density at radius 1 is 1.04 bits per heavy atom. The van der Waals surface area contributed by atoms with Crippen LogP contribution in [-0.2, 0) is 11.2 Å². The van der Waals surface area contributed by atoms with Crippen LogP contribution >= 0.6 is 11.3 Å². The summed E-state index contributed by atoms with van der Waals surface area (Å²) in [6, 6.07) is 6.69. The first kappa shape index (κ1) is 17.5. The largest absolute Gasteiger partial charge is 0.341 e. The zero-order chi connectivity index (χ0) is 17.8. The van der Waals surface area contributed by atoms with E-state index in [9.17, 15) is 18.4 Å². The fourth-order valence-electron chi connectivity index (χ4n) is 2.88. The summed E-state index contributed by atoms with van der Waals surface area (Å²) in [5.41, 5.74) is -0.265. The quantitative estimate of drug-likeness (QED) is 0.840. The zero-order valence-corrected chi connectivity index (χ0v) is 14.4. The van der Waals surface area contributed by atoms with E-state index in [-0.39, 0.29) is 11.5 Å². The normalized spacial score (nSPS) is 15.1. The van der Waals surface area contributed by atoms with Gasteiger partial charge in [0.15, 0.2) is 0 Å². The van der Waals surface area contributed by atoms with E-state index in [1.54, 1.807) is 4.90 Å². The maximum Gasteiger partial charge on any atom is 0.256 e. The number of carbonyl (C=O) groups excluding carboxylic acids is 2. The smallest absolute Gasteiger partial charge is 0.256 e. The van der Waals surface area contributed by atoms with E-state index in [4.69, 9.17) is 0 Å². The Bertz CT molecular complexity index is 764. The first-order valence-electron chi connectivity index (χ1n) is 8.09. The molecule has 1 aromatic heterocycles. The van der Waals surface area contributed by atoms with Crippen LogP contribution in [0, 0.1) is 11.6 Å². The van der Waals surface area contributed by atoms with E-state index in [0.717, 1.165) is 23.1 Å². The zero-order valence-electron chi connectivity index (χ0n) is 13.6. The van der Waals surface area contributed by atoms with Gasteiger partial charge in [-0.25, -0.2) is 8.78 Å². The van der Waals surface area contributed by atoms with Gasteiger partial charge in [0, 0.05) is 31.1 Å². The predicted molar refractivity (Wildman–Crippen MR) is 91.5 cm³/mol. The second kappa shape index (κ2) is 7.74. The van der Waals surface area contributed by atoms with Crippen molar-refractivity contribution in [3.05, 3.63) is 57.8 Å². The first-order chi connectivity index (χ1) is 12.0. The van der Waals surface area contributed by atoms with Gasteiger partial charge in [-0.15, -0.1) is 11.3 Å². The van der Waals surface area contributed by atoms with E-state index in [1.165, 1.54) is 16.2 Å². The van der Waals surface area contributed by atoms with Crippen LogP contribution in [0.5, 0.6) is 0 Å². The van der Waals surface area contributed by atoms with E-state index >= 15 is 0 Å². The summed E-state index contributed by atoms with van der Waals surface area (Å²) in [6.07, 6.45) is 0.961. The van der Waals surface area contributed by atoms with E-state index in [2.05, 4.69) is 0 Å². The highest BCUT2D eigenvalue weighted by molar-refractivity contribution is 7.10. The molecule has 25 heavy (non-hydrogen) atoms. The van der Waals surface area contributed by atoms with Gasteiger partial charge in [0.25, 0.3) is 5.91 Å². The van der Waals surface area contributed by atoms with Gasteiger partial charge >= 0.3 is 0 Å². The van der Waals surface area contributed by atoms with Gasteiger partial charge in [0.05, 0.1) is 12.0 Å². The highest BCUT2D eigenvalue weighted by Crippen LogP contribution is 2.16. The molecule has 0 unspecified atom stereocenters. The monoisotopic (exact) mass is 364 g/mol. The lowest BCUT2D eigenvalue weighted by Crippen LogP contribution is -2.38. The molecule has 0 radical (unpaired) electrons. The average Bonchev–Trinajstić information content (AvgIpc) is 2.97. The molecule has 1 fully saturated rings. The van der Waals surface area contributed by atoms with Crippen LogP contribution in [0.3, 0.4) is 0 Å². The third-order valence-electron chi connectivity index (χ3n) is 4.20. The fraction of sp³-hybridized carbons (Fsp3) is 0.333. The summed E-state index contributed by atoms with van der Waals surface area (Å²) in [5, 5.41) is 1.93. The molecule has 1 aromatic carbocycles. The third kappa shape index (κ3) is 4.22. The van der Waals surface area contributed by atoms with Gasteiger partial charge in [0.1, 0.15) is 11.6 Å². The number of benzene rings is 1. The van der Waals surface area contributed by atoms with E-state index < -0.39 is 17.5 Å². The van der Waals surface area contributed by atoms with Crippen LogP contribution in [0.25, 0.3) is 0 Å². The second-order valence-corrected chi connectivity index (χ2v) is 6.94. The lowest BCUT2D eigenvalue weighted by Gasteiger charge is -2.22. The van der Waals surface area contributed by atoms with Gasteiger partial charge in [-0.1, -0.05) is 6.07 Å². The summed E-state index contributed by atoms with van der Waals surface area (Å²) < 4.78 is 27.1. The van der Waals surface area contributed by atoms with Crippen LogP contribution in [-0.4, -0.2) is 47.8 Å². The molecule has 1 saturated heterocycles. The third-order valence-corrected chi connectivity index (χ3v) is 5.08. The Morgan fingerprint density at radius 3 is 2.56 bits per heavy atom. The number of hydrogen-bond acceptors (Lipinski definition) is 3. The molecule has 4 nitrogen and oxygen atoms in total. The standard InChI is InChI=1S/C18H18F2N2O2S/c19-13-4-5-16(20)15(11-13)18(24)22-7-2-6-21(8-9-22)17(23)12-14-3-1-10-25-14/h1,3-5,10-11H,2,6-9,12H2. The van der Waals surface area contributed by atoms with Crippen LogP contribution in [0.15, 0.2) is 35.7 Å². The van der Waals surface area contributed by atoms with Crippen molar-refractivity contribution in [2.45, 2.75) is 12.8 Å². The number of thiophene rings is 1. The molecule has 0 saturated carbocycles. The van der Waals surface area contributed by atoms with Gasteiger partial charge in [0.2, 0.25) is 5.91 Å². The first-order valence-corrected chi connectivity index (χ1v) is 8.97. The van der Waals surface area contributed by atoms with E-state index in [0.29, 0.717) is 39.0 Å². The molecule has 7 heteroatoms. The number of nitrogens with zero attached hydrogens (tertiary/aromatic N) is 2. The summed E-state index contributed by atoms with van der Waals surface area (Å²) >= 11 is 1.54. The molecule has 3 rings (SSSR count). The van der Waals surface area contributed by atoms with Crippen molar-refractivity contribution < 1.29 is 18.4 Å². The Morgan fingerprint density at radius 2 is 1.80 bits per heavy atom. The maximum atomic E-state index is 13.8. The summed E-state index contributed by atoms with van der Waals surface area (Å²) in [5.74, 6) is -1.90. The topological polar surface area (TPSA) is 40.6 Å². The lowest BCUT2D eigenvalue weighted by atomic mass is 10.1. The molecule has 0 bridgehead atoms. The van der Waals surface area contributed by atoms with Crippen LogP contribution in [0.1, 0.15) is 21.7 Å². The van der Waals surface area contributed by atoms with Crippen molar-refractivity contribution in [2.24, 2.45) is 0 Å². The summed E-state index contributed by atoms with van der Waals surface area (Å²) in [7, 11) is 0. The van der Waals surface area contributed by atoms with E-state index in [1.807, 2.05) is 17.5 Å². The molecule has 1 aliphatic rings. The fourth-order valence-corrected chi connectivity index (χ4v) is 3.57. The molecule has 2 amide bonds. The minimum absolute atomic E-state index is 0.0219. The molecule has 2 heterocycles. The lowest BCUT2D eigenvalue weighted by molar-refractivity contribution is -0.130. The van der Waals surface area contributed by atoms with Crippen LogP contribution < -0.4 is 0 Å². The van der Waals surface area contributed by atoms with Crippen LogP contribution in [0.2, 0.25) is 0 Å². The second-order valence-electron chi connectivity index (χ2n) is 5.91. The van der Waals surface area contributed by atoms with Crippen molar-refractivity contribution in [2.75, 3.05) is 26.2 Å². The van der Waals surface area contributed by atoms with Crippen LogP contribution in [0.4, 0.5) is 8.78 Å². The molecular weight excluding hydrogens is 346 g/mol. The van der Waals surface area contributed by atoms with Gasteiger partial charge < -0.3 is 9.80 Å². The Kier molecular flexibility index (Phi) is 5.43. The van der Waals surface area contributed by atoms with Crippen molar-refractivity contribution >= 4 is 23.2 Å². The maximum absolute atomic E-state index is 13.8. The van der Waals surface area contributed by atoms with Crippen molar-refractivity contribution in [1.29, 1.82) is 0 Å². The molecule has 0 atom stereocenters. The molecule has 2 aromatic rings. The molecule has 132 valence electrons. The molecule has 0 N–H and O–H groups in total. The molecule has 1 aliphatic heterocycles. The number of halogens is 2. The number of amides is 2. The summed E-state index contributed by atoms with van der Waals surface area (Å²) in [6.45, 7) is 1.68. The predicted octanol–water partition coefficient (Wildman–Crippen LogP) is 2.94. The van der Waals surface area contributed by atoms with Gasteiger partial charge in [-0.05, 0) is 36.1 Å². The Labute approximate surface area is 148 Å². The minimum atomic E-state index is -0.735. The highest BCUT2D eigenvalue weighted by atomic mass is 32.1. The average molecular weight is 364 g/mol. The minimum Gasteiger partial charge on any atom is -0.341 e.